The van der Waals surface area contributed by atoms with E-state index in [9.17, 15) is 14.7 Å². The van der Waals surface area contributed by atoms with Crippen LogP contribution in [0.5, 0.6) is 0 Å². The van der Waals surface area contributed by atoms with Crippen LogP contribution in [0.1, 0.15) is 39.0 Å². The molecule has 0 radical (unpaired) electrons. The lowest BCUT2D eigenvalue weighted by molar-refractivity contribution is 0.0698. The first-order chi connectivity index (χ1) is 11.9. The summed E-state index contributed by atoms with van der Waals surface area (Å²) in [6.45, 7) is 3.99. The maximum Gasteiger partial charge on any atom is 0.337 e. The summed E-state index contributed by atoms with van der Waals surface area (Å²) in [5, 5.41) is 12.0. The molecule has 0 spiro atoms. The van der Waals surface area contributed by atoms with E-state index in [0.29, 0.717) is 10.0 Å². The van der Waals surface area contributed by atoms with Gasteiger partial charge in [0.1, 0.15) is 5.65 Å². The van der Waals surface area contributed by atoms with Crippen molar-refractivity contribution in [3.05, 3.63) is 63.5 Å². The molecule has 0 aliphatic heterocycles. The smallest absolute Gasteiger partial charge is 0.337 e. The van der Waals surface area contributed by atoms with Gasteiger partial charge in [0, 0.05) is 16.4 Å². The fourth-order valence-corrected chi connectivity index (χ4v) is 3.04. The van der Waals surface area contributed by atoms with Crippen molar-refractivity contribution in [2.24, 2.45) is 0 Å². The van der Waals surface area contributed by atoms with Crippen molar-refractivity contribution in [1.29, 1.82) is 0 Å². The SMILES string of the molecule is CCc1nc2ccc(C(=O)Nc3ccc(Br)cc3C(=O)O)cn2c1C. The number of pyridine rings is 1. The average Bonchev–Trinajstić information content (AvgIpc) is 2.91. The summed E-state index contributed by atoms with van der Waals surface area (Å²) in [7, 11) is 0. The number of halogens is 1. The second-order valence-electron chi connectivity index (χ2n) is 5.59. The fraction of sp³-hybridized carbons (Fsp3) is 0.167. The average molecular weight is 402 g/mol. The first kappa shape index (κ1) is 17.2. The van der Waals surface area contributed by atoms with E-state index in [1.165, 1.54) is 6.07 Å². The van der Waals surface area contributed by atoms with E-state index in [2.05, 4.69) is 26.2 Å². The van der Waals surface area contributed by atoms with Gasteiger partial charge in [0.25, 0.3) is 5.91 Å². The molecule has 7 heteroatoms. The molecule has 6 nitrogen and oxygen atoms in total. The third-order valence-electron chi connectivity index (χ3n) is 4.01. The van der Waals surface area contributed by atoms with Gasteiger partial charge in [-0.1, -0.05) is 22.9 Å². The first-order valence-corrected chi connectivity index (χ1v) is 8.51. The number of aryl methyl sites for hydroxylation is 2. The largest absolute Gasteiger partial charge is 0.478 e. The van der Waals surface area contributed by atoms with Crippen LogP contribution < -0.4 is 5.32 Å². The zero-order valence-electron chi connectivity index (χ0n) is 13.7. The number of imidazole rings is 1. The van der Waals surface area contributed by atoms with Crippen molar-refractivity contribution in [2.75, 3.05) is 5.32 Å². The van der Waals surface area contributed by atoms with E-state index in [1.54, 1.807) is 30.5 Å². The lowest BCUT2D eigenvalue weighted by atomic mass is 10.1. The van der Waals surface area contributed by atoms with E-state index in [4.69, 9.17) is 0 Å². The van der Waals surface area contributed by atoms with Crippen LogP contribution in [0.25, 0.3) is 5.65 Å². The van der Waals surface area contributed by atoms with Crippen molar-refractivity contribution in [3.8, 4) is 0 Å². The number of nitrogens with zero attached hydrogens (tertiary/aromatic N) is 2. The van der Waals surface area contributed by atoms with Crippen molar-refractivity contribution < 1.29 is 14.7 Å². The molecular weight excluding hydrogens is 386 g/mol. The number of hydrogen-bond donors (Lipinski definition) is 2. The standard InChI is InChI=1S/C18H16BrN3O3/c1-3-14-10(2)22-9-11(4-7-16(22)20-14)17(23)21-15-6-5-12(19)8-13(15)18(24)25/h4-9H,3H2,1-2H3,(H,21,23)(H,24,25). The van der Waals surface area contributed by atoms with Crippen molar-refractivity contribution in [3.63, 3.8) is 0 Å². The highest BCUT2D eigenvalue weighted by atomic mass is 79.9. The Morgan fingerprint density at radius 3 is 2.72 bits per heavy atom. The third kappa shape index (κ3) is 3.28. The molecule has 3 aromatic rings. The van der Waals surface area contributed by atoms with Crippen molar-refractivity contribution in [1.82, 2.24) is 9.38 Å². The number of benzene rings is 1. The molecule has 2 N–H and O–H groups in total. The van der Waals surface area contributed by atoms with Crippen LogP contribution in [-0.4, -0.2) is 26.4 Å². The Morgan fingerprint density at radius 2 is 2.04 bits per heavy atom. The van der Waals surface area contributed by atoms with Crippen LogP contribution in [0.2, 0.25) is 0 Å². The summed E-state index contributed by atoms with van der Waals surface area (Å²) in [5.74, 6) is -1.48. The Balaban J connectivity index is 1.95. The second kappa shape index (κ2) is 6.68. The van der Waals surface area contributed by atoms with E-state index in [-0.39, 0.29) is 17.2 Å². The summed E-state index contributed by atoms with van der Waals surface area (Å²) in [5.41, 5.74) is 3.45. The minimum Gasteiger partial charge on any atom is -0.478 e. The maximum atomic E-state index is 12.6. The minimum absolute atomic E-state index is 0.0240. The normalized spacial score (nSPS) is 10.8. The first-order valence-electron chi connectivity index (χ1n) is 7.72. The monoisotopic (exact) mass is 401 g/mol. The Kier molecular flexibility index (Phi) is 4.59. The highest BCUT2D eigenvalue weighted by Gasteiger charge is 2.15. The number of amides is 1. The lowest BCUT2D eigenvalue weighted by Gasteiger charge is -2.09. The summed E-state index contributed by atoms with van der Waals surface area (Å²) in [4.78, 5) is 28.4. The van der Waals surface area contributed by atoms with Crippen LogP contribution in [0.3, 0.4) is 0 Å². The molecule has 0 fully saturated rings. The molecular formula is C18H16BrN3O3. The number of carboxylic acid groups (broad SMARTS) is 1. The number of rotatable bonds is 4. The zero-order chi connectivity index (χ0) is 18.1. The van der Waals surface area contributed by atoms with Gasteiger partial charge < -0.3 is 14.8 Å². The second-order valence-corrected chi connectivity index (χ2v) is 6.51. The third-order valence-corrected chi connectivity index (χ3v) is 4.51. The van der Waals surface area contributed by atoms with Crippen LogP contribution in [0.4, 0.5) is 5.69 Å². The topological polar surface area (TPSA) is 83.7 Å². The molecule has 0 unspecified atom stereocenters. The summed E-state index contributed by atoms with van der Waals surface area (Å²) >= 11 is 3.23. The molecule has 128 valence electrons. The molecule has 2 heterocycles. The van der Waals surface area contributed by atoms with Crippen molar-refractivity contribution >= 4 is 39.1 Å². The number of fused-ring (bicyclic) bond motifs is 1. The van der Waals surface area contributed by atoms with Gasteiger partial charge in [-0.2, -0.15) is 0 Å². The number of carbonyl (C=O) groups is 2. The molecule has 0 saturated carbocycles. The Labute approximate surface area is 152 Å². The Morgan fingerprint density at radius 1 is 1.28 bits per heavy atom. The van der Waals surface area contributed by atoms with Gasteiger partial charge in [-0.25, -0.2) is 9.78 Å². The number of carbonyl (C=O) groups excluding carboxylic acids is 1. The fourth-order valence-electron chi connectivity index (χ4n) is 2.68. The molecule has 0 aliphatic rings. The molecule has 0 aliphatic carbocycles. The minimum atomic E-state index is -1.11. The molecule has 1 amide bonds. The molecule has 0 bridgehead atoms. The maximum absolute atomic E-state index is 12.6. The van der Waals surface area contributed by atoms with E-state index in [0.717, 1.165) is 23.5 Å². The molecule has 25 heavy (non-hydrogen) atoms. The van der Waals surface area contributed by atoms with Gasteiger partial charge >= 0.3 is 5.97 Å². The number of aromatic carboxylic acids is 1. The number of carboxylic acids is 1. The number of anilines is 1. The number of aromatic nitrogens is 2. The van der Waals surface area contributed by atoms with Gasteiger partial charge in [0.2, 0.25) is 0 Å². The predicted octanol–water partition coefficient (Wildman–Crippen LogP) is 3.92. The summed E-state index contributed by atoms with van der Waals surface area (Å²) in [6.07, 6.45) is 2.53. The highest BCUT2D eigenvalue weighted by molar-refractivity contribution is 9.10. The van der Waals surface area contributed by atoms with Crippen LogP contribution >= 0.6 is 15.9 Å². The Hall–Kier alpha value is -2.67. The van der Waals surface area contributed by atoms with Crippen molar-refractivity contribution in [2.45, 2.75) is 20.3 Å². The molecule has 3 rings (SSSR count). The van der Waals surface area contributed by atoms with E-state index in [1.807, 2.05) is 18.2 Å². The van der Waals surface area contributed by atoms with Gasteiger partial charge in [-0.05, 0) is 43.7 Å². The van der Waals surface area contributed by atoms with Crippen LogP contribution in [0.15, 0.2) is 41.0 Å². The molecule has 1 aromatic carbocycles. The quantitative estimate of drug-likeness (QED) is 0.693. The number of hydrogen-bond acceptors (Lipinski definition) is 3. The summed E-state index contributed by atoms with van der Waals surface area (Å²) < 4.78 is 2.50. The van der Waals surface area contributed by atoms with E-state index < -0.39 is 5.97 Å². The van der Waals surface area contributed by atoms with Gasteiger partial charge in [0.05, 0.1) is 22.5 Å². The Bertz CT molecular complexity index is 995. The lowest BCUT2D eigenvalue weighted by Crippen LogP contribution is -2.15. The highest BCUT2D eigenvalue weighted by Crippen LogP contribution is 2.22. The predicted molar refractivity (Wildman–Crippen MR) is 98.4 cm³/mol. The number of nitrogens with one attached hydrogen (secondary N) is 1. The molecule has 0 atom stereocenters. The van der Waals surface area contributed by atoms with E-state index >= 15 is 0 Å². The van der Waals surface area contributed by atoms with Gasteiger partial charge in [-0.15, -0.1) is 0 Å². The van der Waals surface area contributed by atoms with Crippen LogP contribution in [0, 0.1) is 6.92 Å². The summed E-state index contributed by atoms with van der Waals surface area (Å²) in [6, 6.07) is 8.14. The molecule has 0 saturated heterocycles. The van der Waals surface area contributed by atoms with Gasteiger partial charge in [-0.3, -0.25) is 4.79 Å². The van der Waals surface area contributed by atoms with Crippen LogP contribution in [-0.2, 0) is 6.42 Å². The zero-order valence-corrected chi connectivity index (χ0v) is 15.3. The molecule has 2 aromatic heterocycles. The van der Waals surface area contributed by atoms with Gasteiger partial charge in [0.15, 0.2) is 0 Å².